The van der Waals surface area contributed by atoms with Crippen molar-refractivity contribution in [3.63, 3.8) is 0 Å². The van der Waals surface area contributed by atoms with Crippen LogP contribution in [0.15, 0.2) is 29.6 Å². The van der Waals surface area contributed by atoms with E-state index < -0.39 is 0 Å². The van der Waals surface area contributed by atoms with E-state index in [-0.39, 0.29) is 31.0 Å². The molecule has 9 heteroatoms. The first-order valence-corrected chi connectivity index (χ1v) is 11.7. The van der Waals surface area contributed by atoms with Gasteiger partial charge in [0.25, 0.3) is 0 Å². The zero-order valence-electron chi connectivity index (χ0n) is 16.1. The molecule has 0 spiro atoms. The predicted molar refractivity (Wildman–Crippen MR) is 117 cm³/mol. The van der Waals surface area contributed by atoms with Crippen molar-refractivity contribution in [1.82, 2.24) is 9.97 Å². The van der Waals surface area contributed by atoms with Crippen molar-refractivity contribution in [1.29, 1.82) is 0 Å². The molecule has 0 atom stereocenters. The summed E-state index contributed by atoms with van der Waals surface area (Å²) < 4.78 is 5.88. The van der Waals surface area contributed by atoms with Crippen molar-refractivity contribution in [3.8, 4) is 10.6 Å². The lowest BCUT2D eigenvalue weighted by Crippen LogP contribution is -2.37. The molecule has 2 heterocycles. The number of ether oxygens (including phenoxy) is 1. The van der Waals surface area contributed by atoms with Crippen LogP contribution in [0, 0.1) is 5.92 Å². The molecule has 4 rings (SSSR count). The SMILES string of the molecule is O=C(Cc1nc(-c2sc(CO)nc2CO)cs1)C1CC(OCc2ccc(Cl)cc2)C1. The van der Waals surface area contributed by atoms with E-state index in [4.69, 9.17) is 16.3 Å². The van der Waals surface area contributed by atoms with Crippen LogP contribution in [0.3, 0.4) is 0 Å². The molecule has 1 fully saturated rings. The van der Waals surface area contributed by atoms with Crippen LogP contribution < -0.4 is 0 Å². The molecule has 158 valence electrons. The number of carbonyl (C=O) groups is 1. The van der Waals surface area contributed by atoms with Crippen LogP contribution in [0.1, 0.15) is 34.1 Å². The summed E-state index contributed by atoms with van der Waals surface area (Å²) in [6.07, 6.45) is 1.91. The Balaban J connectivity index is 1.27. The van der Waals surface area contributed by atoms with Crippen LogP contribution in [0.25, 0.3) is 10.6 Å². The summed E-state index contributed by atoms with van der Waals surface area (Å²) in [5.41, 5.74) is 2.27. The van der Waals surface area contributed by atoms with Crippen molar-refractivity contribution in [2.75, 3.05) is 0 Å². The molecule has 2 aromatic heterocycles. The van der Waals surface area contributed by atoms with E-state index in [9.17, 15) is 15.0 Å². The number of Topliss-reactive ketones (excluding diaryl/α,β-unsaturated/α-hetero) is 1. The number of rotatable bonds is 9. The molecule has 1 aliphatic carbocycles. The zero-order chi connectivity index (χ0) is 21.1. The van der Waals surface area contributed by atoms with Crippen molar-refractivity contribution in [2.24, 2.45) is 5.92 Å². The third-order valence-electron chi connectivity index (χ3n) is 5.09. The van der Waals surface area contributed by atoms with Gasteiger partial charge in [0.1, 0.15) is 15.8 Å². The second-order valence-corrected chi connectivity index (χ2v) is 9.66. The average Bonchev–Trinajstić information content (AvgIpc) is 3.34. The minimum atomic E-state index is -0.211. The van der Waals surface area contributed by atoms with Crippen molar-refractivity contribution in [3.05, 3.63) is 55.9 Å². The molecule has 30 heavy (non-hydrogen) atoms. The number of nitrogens with zero attached hydrogens (tertiary/aromatic N) is 2. The maximum absolute atomic E-state index is 12.6. The molecular formula is C21H21ClN2O4S2. The van der Waals surface area contributed by atoms with E-state index in [1.54, 1.807) is 0 Å². The van der Waals surface area contributed by atoms with Crippen LogP contribution in [-0.4, -0.2) is 32.1 Å². The zero-order valence-corrected chi connectivity index (χ0v) is 18.5. The largest absolute Gasteiger partial charge is 0.390 e. The molecule has 1 aromatic carbocycles. The molecule has 2 N–H and O–H groups in total. The summed E-state index contributed by atoms with van der Waals surface area (Å²) in [6, 6.07) is 7.57. The summed E-state index contributed by atoms with van der Waals surface area (Å²) in [5.74, 6) is 0.204. The van der Waals surface area contributed by atoms with Crippen LogP contribution in [-0.2, 0) is 35.8 Å². The molecule has 0 radical (unpaired) electrons. The molecule has 0 bridgehead atoms. The highest BCUT2D eigenvalue weighted by Crippen LogP contribution is 2.34. The third-order valence-corrected chi connectivity index (χ3v) is 7.29. The maximum Gasteiger partial charge on any atom is 0.142 e. The summed E-state index contributed by atoms with van der Waals surface area (Å²) in [7, 11) is 0. The molecule has 6 nitrogen and oxygen atoms in total. The quantitative estimate of drug-likeness (QED) is 0.497. The van der Waals surface area contributed by atoms with Crippen molar-refractivity contribution >= 4 is 40.1 Å². The average molecular weight is 465 g/mol. The van der Waals surface area contributed by atoms with E-state index in [2.05, 4.69) is 9.97 Å². The number of carbonyl (C=O) groups excluding carboxylic acids is 1. The van der Waals surface area contributed by atoms with Crippen LogP contribution in [0.2, 0.25) is 5.02 Å². The number of ketones is 1. The molecule has 3 aromatic rings. The third kappa shape index (κ3) is 4.96. The number of hydrogen-bond acceptors (Lipinski definition) is 8. The summed E-state index contributed by atoms with van der Waals surface area (Å²) in [5, 5.41) is 22.6. The van der Waals surface area contributed by atoms with Gasteiger partial charge in [-0.1, -0.05) is 23.7 Å². The van der Waals surface area contributed by atoms with Crippen LogP contribution in [0.4, 0.5) is 0 Å². The van der Waals surface area contributed by atoms with E-state index in [0.29, 0.717) is 34.4 Å². The van der Waals surface area contributed by atoms with Crippen LogP contribution >= 0.6 is 34.3 Å². The number of halogens is 1. The van der Waals surface area contributed by atoms with Gasteiger partial charge in [-0.05, 0) is 30.5 Å². The normalized spacial score (nSPS) is 18.4. The first-order chi connectivity index (χ1) is 14.6. The highest BCUT2D eigenvalue weighted by molar-refractivity contribution is 7.16. The van der Waals surface area contributed by atoms with Gasteiger partial charge < -0.3 is 14.9 Å². The van der Waals surface area contributed by atoms with Gasteiger partial charge in [0.15, 0.2) is 0 Å². The lowest BCUT2D eigenvalue weighted by molar-refractivity contribution is -0.131. The highest BCUT2D eigenvalue weighted by atomic mass is 35.5. The number of hydrogen-bond donors (Lipinski definition) is 2. The Morgan fingerprint density at radius 3 is 2.60 bits per heavy atom. The first-order valence-electron chi connectivity index (χ1n) is 9.59. The molecule has 1 saturated carbocycles. The number of aliphatic hydroxyl groups is 2. The Labute approximate surface area is 187 Å². The van der Waals surface area contributed by atoms with E-state index in [1.165, 1.54) is 22.7 Å². The Morgan fingerprint density at radius 1 is 1.13 bits per heavy atom. The van der Waals surface area contributed by atoms with Crippen molar-refractivity contribution in [2.45, 2.75) is 45.2 Å². The number of thiazole rings is 2. The fraction of sp³-hybridized carbons (Fsp3) is 0.381. The highest BCUT2D eigenvalue weighted by Gasteiger charge is 2.35. The summed E-state index contributed by atoms with van der Waals surface area (Å²) >= 11 is 8.63. The summed E-state index contributed by atoms with van der Waals surface area (Å²) in [4.78, 5) is 22.1. The van der Waals surface area contributed by atoms with Gasteiger partial charge in [0, 0.05) is 16.3 Å². The van der Waals surface area contributed by atoms with Gasteiger partial charge in [-0.2, -0.15) is 0 Å². The molecule has 1 aliphatic rings. The predicted octanol–water partition coefficient (Wildman–Crippen LogP) is 4.01. The Bertz CT molecular complexity index is 1010. The van der Waals surface area contributed by atoms with Gasteiger partial charge >= 0.3 is 0 Å². The fourth-order valence-electron chi connectivity index (χ4n) is 3.32. The monoisotopic (exact) mass is 464 g/mol. The lowest BCUT2D eigenvalue weighted by Gasteiger charge is -2.34. The van der Waals surface area contributed by atoms with Gasteiger partial charge in [0.05, 0.1) is 48.6 Å². The van der Waals surface area contributed by atoms with Gasteiger partial charge in [-0.25, -0.2) is 9.97 Å². The van der Waals surface area contributed by atoms with Gasteiger partial charge in [-0.3, -0.25) is 4.79 Å². The minimum absolute atomic E-state index is 0.0185. The molecular weight excluding hydrogens is 444 g/mol. The lowest BCUT2D eigenvalue weighted by atomic mass is 9.78. The van der Waals surface area contributed by atoms with Crippen molar-refractivity contribution < 1.29 is 19.7 Å². The topological polar surface area (TPSA) is 92.5 Å². The molecule has 0 amide bonds. The van der Waals surface area contributed by atoms with Gasteiger partial charge in [0.2, 0.25) is 0 Å². The Morgan fingerprint density at radius 2 is 1.90 bits per heavy atom. The van der Waals surface area contributed by atoms with Gasteiger partial charge in [-0.15, -0.1) is 22.7 Å². The number of aliphatic hydroxyl groups excluding tert-OH is 2. The smallest absolute Gasteiger partial charge is 0.142 e. The maximum atomic E-state index is 12.6. The Kier molecular flexibility index (Phi) is 6.92. The second-order valence-electron chi connectivity index (χ2n) is 7.20. The van der Waals surface area contributed by atoms with Crippen LogP contribution in [0.5, 0.6) is 0 Å². The standard InChI is InChI=1S/C21H21ClN2O4S2/c22-14-3-1-12(2-4-14)10-28-15-5-13(6-15)18(27)7-19-24-17(11-29-19)21-16(8-25)23-20(9-26)30-21/h1-4,11,13,15,25-26H,5-10H2. The number of aromatic nitrogens is 2. The summed E-state index contributed by atoms with van der Waals surface area (Å²) in [6.45, 7) is 0.143. The minimum Gasteiger partial charge on any atom is -0.390 e. The molecule has 0 aliphatic heterocycles. The first kappa shape index (κ1) is 21.5. The molecule has 0 unspecified atom stereocenters. The number of benzene rings is 1. The fourth-order valence-corrected chi connectivity index (χ4v) is 5.21. The van der Waals surface area contributed by atoms with E-state index >= 15 is 0 Å². The molecule has 0 saturated heterocycles. The second kappa shape index (κ2) is 9.64. The van der Waals surface area contributed by atoms with E-state index in [0.717, 1.165) is 28.3 Å². The Hall–Kier alpha value is -1.68. The van der Waals surface area contributed by atoms with E-state index in [1.807, 2.05) is 29.6 Å².